The van der Waals surface area contributed by atoms with Gasteiger partial charge in [-0.3, -0.25) is 4.79 Å². The molecule has 1 aromatic rings. The standard InChI is InChI=1S/C10H15ClN2O.C4H7NO.CH3Cl/c1-7-4-8(5-13-9(7)11)14-6-10(2,3)12;6-3-5-4-1-2-4;1-2/h4-5H,6,12H2,1-3H3;3-4H,1-2H2,(H,5,6);1H3/p+1. The lowest BCUT2D eigenvalue weighted by Crippen LogP contribution is -2.71. The fourth-order valence-electron chi connectivity index (χ4n) is 1.24. The van der Waals surface area contributed by atoms with Gasteiger partial charge in [0.15, 0.2) is 0 Å². The molecule has 0 radical (unpaired) electrons. The molecule has 1 fully saturated rings. The monoisotopic (exact) mass is 350 g/mol. The number of quaternary nitrogens is 1. The number of carbonyl (C=O) groups is 1. The Balaban J connectivity index is 0.000000457. The summed E-state index contributed by atoms with van der Waals surface area (Å²) >= 11 is 10.4. The number of ether oxygens (including phenoxy) is 1. The largest absolute Gasteiger partial charge is 0.485 e. The van der Waals surface area contributed by atoms with E-state index in [0.29, 0.717) is 17.8 Å². The lowest BCUT2D eigenvalue weighted by molar-refractivity contribution is -0.469. The van der Waals surface area contributed by atoms with E-state index in [2.05, 4.69) is 27.6 Å². The number of amides is 1. The summed E-state index contributed by atoms with van der Waals surface area (Å²) in [5.41, 5.74) is 4.79. The highest BCUT2D eigenvalue weighted by Gasteiger charge is 2.19. The van der Waals surface area contributed by atoms with Crippen LogP contribution in [-0.2, 0) is 4.79 Å². The van der Waals surface area contributed by atoms with Crippen molar-refractivity contribution in [2.24, 2.45) is 0 Å². The van der Waals surface area contributed by atoms with Crippen LogP contribution in [0.2, 0.25) is 5.15 Å². The number of alkyl halides is 1. The minimum Gasteiger partial charge on any atom is -0.485 e. The number of carbonyl (C=O) groups excluding carboxylic acids is 1. The van der Waals surface area contributed by atoms with Crippen molar-refractivity contribution in [1.29, 1.82) is 0 Å². The topological polar surface area (TPSA) is 78.9 Å². The zero-order chi connectivity index (χ0) is 17.2. The second-order valence-corrected chi connectivity index (χ2v) is 6.15. The first-order valence-electron chi connectivity index (χ1n) is 6.99. The van der Waals surface area contributed by atoms with E-state index in [9.17, 15) is 4.79 Å². The molecule has 0 spiro atoms. The first-order chi connectivity index (χ1) is 10.3. The van der Waals surface area contributed by atoms with Crippen molar-refractivity contribution >= 4 is 29.6 Å². The van der Waals surface area contributed by atoms with Crippen molar-refractivity contribution < 1.29 is 15.3 Å². The number of aryl methyl sites for hydroxylation is 1. The molecule has 1 aliphatic rings. The normalized spacial score (nSPS) is 13.0. The summed E-state index contributed by atoms with van der Waals surface area (Å²) in [6.07, 6.45) is 6.22. The molecule has 2 rings (SSSR count). The average molecular weight is 351 g/mol. The maximum Gasteiger partial charge on any atom is 0.207 e. The molecule has 0 aliphatic heterocycles. The van der Waals surface area contributed by atoms with E-state index >= 15 is 0 Å². The Hall–Kier alpha value is -1.04. The number of hydrogen-bond donors (Lipinski definition) is 2. The highest BCUT2D eigenvalue weighted by atomic mass is 35.5. The van der Waals surface area contributed by atoms with E-state index in [1.807, 2.05) is 26.8 Å². The zero-order valence-electron chi connectivity index (χ0n) is 13.7. The van der Waals surface area contributed by atoms with Crippen molar-refractivity contribution in [3.63, 3.8) is 0 Å². The van der Waals surface area contributed by atoms with Gasteiger partial charge in [-0.1, -0.05) is 11.6 Å². The van der Waals surface area contributed by atoms with Gasteiger partial charge in [-0.2, -0.15) is 0 Å². The molecule has 5 nitrogen and oxygen atoms in total. The van der Waals surface area contributed by atoms with Gasteiger partial charge >= 0.3 is 0 Å². The number of hydrogen-bond acceptors (Lipinski definition) is 3. The molecular formula is C15H26Cl2N3O2+. The van der Waals surface area contributed by atoms with Gasteiger partial charge in [-0.15, -0.1) is 11.6 Å². The number of rotatable bonds is 5. The number of nitrogens with one attached hydrogen (secondary N) is 1. The molecular weight excluding hydrogens is 325 g/mol. The van der Waals surface area contributed by atoms with Gasteiger partial charge in [-0.25, -0.2) is 4.98 Å². The Morgan fingerprint density at radius 2 is 2.09 bits per heavy atom. The number of halogens is 2. The van der Waals surface area contributed by atoms with Crippen LogP contribution in [0, 0.1) is 6.92 Å². The molecule has 0 atom stereocenters. The summed E-state index contributed by atoms with van der Waals surface area (Å²) < 4.78 is 5.52. The highest BCUT2D eigenvalue weighted by molar-refractivity contribution is 6.30. The smallest absolute Gasteiger partial charge is 0.207 e. The van der Waals surface area contributed by atoms with Crippen LogP contribution in [0.5, 0.6) is 5.75 Å². The van der Waals surface area contributed by atoms with Crippen LogP contribution in [0.1, 0.15) is 32.3 Å². The van der Waals surface area contributed by atoms with E-state index in [1.54, 1.807) is 6.20 Å². The van der Waals surface area contributed by atoms with Crippen LogP contribution in [0.3, 0.4) is 0 Å². The summed E-state index contributed by atoms with van der Waals surface area (Å²) in [7, 11) is 0. The third-order valence-corrected chi connectivity index (χ3v) is 2.90. The van der Waals surface area contributed by atoms with Gasteiger partial charge in [0.2, 0.25) is 6.41 Å². The van der Waals surface area contributed by atoms with Crippen LogP contribution in [0.4, 0.5) is 0 Å². The summed E-state index contributed by atoms with van der Waals surface area (Å²) in [6.45, 7) is 6.50. The van der Waals surface area contributed by atoms with Crippen LogP contribution in [0.25, 0.3) is 0 Å². The fourth-order valence-corrected chi connectivity index (χ4v) is 1.34. The van der Waals surface area contributed by atoms with E-state index < -0.39 is 0 Å². The minimum absolute atomic E-state index is 0.0897. The van der Waals surface area contributed by atoms with Gasteiger partial charge in [0.25, 0.3) is 0 Å². The minimum atomic E-state index is -0.0897. The predicted molar refractivity (Wildman–Crippen MR) is 90.4 cm³/mol. The third kappa shape index (κ3) is 10.7. The Morgan fingerprint density at radius 3 is 2.45 bits per heavy atom. The summed E-state index contributed by atoms with van der Waals surface area (Å²) in [4.78, 5) is 13.5. The van der Waals surface area contributed by atoms with E-state index in [0.717, 1.165) is 17.7 Å². The molecule has 0 saturated heterocycles. The second-order valence-electron chi connectivity index (χ2n) is 5.79. The lowest BCUT2D eigenvalue weighted by Gasteiger charge is -2.15. The van der Waals surface area contributed by atoms with Gasteiger partial charge in [0.05, 0.1) is 6.20 Å². The predicted octanol–water partition coefficient (Wildman–Crippen LogP) is 2.19. The van der Waals surface area contributed by atoms with Crippen molar-refractivity contribution in [3.05, 3.63) is 23.0 Å². The third-order valence-electron chi connectivity index (χ3n) is 2.50. The molecule has 1 aromatic heterocycles. The Morgan fingerprint density at radius 1 is 1.50 bits per heavy atom. The summed E-state index contributed by atoms with van der Waals surface area (Å²) in [5, 5.41) is 3.16. The summed E-state index contributed by atoms with van der Waals surface area (Å²) in [5.74, 6) is 0.739. The first kappa shape index (κ1) is 21.0. The van der Waals surface area contributed by atoms with Crippen molar-refractivity contribution in [1.82, 2.24) is 10.3 Å². The molecule has 4 N–H and O–H groups in total. The zero-order valence-corrected chi connectivity index (χ0v) is 15.2. The van der Waals surface area contributed by atoms with Crippen molar-refractivity contribution in [3.8, 4) is 5.75 Å². The quantitative estimate of drug-likeness (QED) is 0.485. The van der Waals surface area contributed by atoms with Crippen molar-refractivity contribution in [2.45, 2.75) is 45.2 Å². The molecule has 126 valence electrons. The molecule has 1 aliphatic carbocycles. The van der Waals surface area contributed by atoms with Crippen molar-refractivity contribution in [2.75, 3.05) is 13.0 Å². The number of pyridine rings is 1. The Bertz CT molecular complexity index is 447. The summed E-state index contributed by atoms with van der Waals surface area (Å²) in [6, 6.07) is 2.41. The highest BCUT2D eigenvalue weighted by Crippen LogP contribution is 2.18. The Kier molecular flexibility index (Phi) is 10.1. The van der Waals surface area contributed by atoms with Gasteiger partial charge in [0.1, 0.15) is 23.0 Å². The molecule has 1 saturated carbocycles. The average Bonchev–Trinajstić information content (AvgIpc) is 3.27. The molecule has 1 heterocycles. The number of nitrogens with zero attached hydrogens (tertiary/aromatic N) is 1. The van der Waals surface area contributed by atoms with Crippen LogP contribution in [0.15, 0.2) is 12.3 Å². The van der Waals surface area contributed by atoms with Gasteiger partial charge in [0, 0.05) is 12.4 Å². The van der Waals surface area contributed by atoms with Crippen LogP contribution in [-0.4, -0.2) is 36.0 Å². The molecule has 1 amide bonds. The van der Waals surface area contributed by atoms with Gasteiger partial charge in [-0.05, 0) is 45.2 Å². The van der Waals surface area contributed by atoms with Crippen LogP contribution < -0.4 is 15.8 Å². The molecule has 22 heavy (non-hydrogen) atoms. The fraction of sp³-hybridized carbons (Fsp3) is 0.600. The SMILES string of the molecule is CCl.Cc1cc(OCC(C)(C)[NH3+])cnc1Cl.O=CNC1CC1. The molecule has 0 unspecified atom stereocenters. The molecule has 7 heteroatoms. The molecule has 0 bridgehead atoms. The maximum atomic E-state index is 9.54. The first-order valence-corrected chi connectivity index (χ1v) is 8.13. The van der Waals surface area contributed by atoms with E-state index in [1.165, 1.54) is 19.2 Å². The Labute approximate surface area is 142 Å². The van der Waals surface area contributed by atoms with Crippen LogP contribution >= 0.6 is 23.2 Å². The number of aromatic nitrogens is 1. The van der Waals surface area contributed by atoms with E-state index in [4.69, 9.17) is 16.3 Å². The molecule has 0 aromatic carbocycles. The second kappa shape index (κ2) is 10.6. The van der Waals surface area contributed by atoms with Gasteiger partial charge < -0.3 is 15.8 Å². The maximum absolute atomic E-state index is 9.54. The van der Waals surface area contributed by atoms with E-state index in [-0.39, 0.29) is 5.54 Å². The lowest BCUT2D eigenvalue weighted by atomic mass is 10.1.